The Bertz CT molecular complexity index is 793. The van der Waals surface area contributed by atoms with Crippen molar-refractivity contribution in [3.8, 4) is 11.5 Å². The maximum Gasteiger partial charge on any atom is 0.244 e. The largest absolute Gasteiger partial charge is 0.463 e. The first kappa shape index (κ1) is 14.8. The quantitative estimate of drug-likeness (QED) is 0.732. The minimum absolute atomic E-state index is 0.134. The third kappa shape index (κ3) is 4.17. The molecule has 2 aromatic heterocycles. The lowest BCUT2D eigenvalue weighted by molar-refractivity contribution is -0.116. The highest BCUT2D eigenvalue weighted by atomic mass is 16.3. The van der Waals surface area contributed by atoms with Gasteiger partial charge in [0, 0.05) is 18.8 Å². The molecular weight excluding hydrogens is 288 g/mol. The molecule has 0 aliphatic rings. The Hall–Kier alpha value is -3.14. The molecule has 0 bridgehead atoms. The monoisotopic (exact) mass is 304 g/mol. The molecule has 4 nitrogen and oxygen atoms in total. The van der Waals surface area contributed by atoms with Gasteiger partial charge in [0.1, 0.15) is 5.69 Å². The number of benzene rings is 1. The van der Waals surface area contributed by atoms with Crippen LogP contribution in [0.4, 0.5) is 0 Å². The van der Waals surface area contributed by atoms with Gasteiger partial charge in [-0.15, -0.1) is 0 Å². The van der Waals surface area contributed by atoms with Crippen molar-refractivity contribution in [1.82, 2.24) is 10.3 Å². The number of pyridine rings is 1. The standard InChI is InChI=1S/C19H16N2O2/c22-19(9-8-15-5-2-1-3-6-15)21-14-16-10-11-20-17(13-16)18-7-4-12-23-18/h1-13H,14H2,(H,21,22)/b9-8+. The predicted molar refractivity (Wildman–Crippen MR) is 89.3 cm³/mol. The molecule has 3 rings (SSSR count). The molecule has 23 heavy (non-hydrogen) atoms. The molecule has 0 aliphatic heterocycles. The number of furan rings is 1. The molecule has 1 aromatic carbocycles. The Morgan fingerprint density at radius 1 is 1.13 bits per heavy atom. The fourth-order valence-corrected chi connectivity index (χ4v) is 2.13. The number of carbonyl (C=O) groups is 1. The van der Waals surface area contributed by atoms with E-state index in [9.17, 15) is 4.79 Å². The van der Waals surface area contributed by atoms with Crippen LogP contribution in [-0.2, 0) is 11.3 Å². The lowest BCUT2D eigenvalue weighted by atomic mass is 10.2. The van der Waals surface area contributed by atoms with E-state index in [4.69, 9.17) is 4.42 Å². The van der Waals surface area contributed by atoms with Crippen molar-refractivity contribution >= 4 is 12.0 Å². The van der Waals surface area contributed by atoms with Crippen molar-refractivity contribution in [2.75, 3.05) is 0 Å². The van der Waals surface area contributed by atoms with Gasteiger partial charge in [-0.1, -0.05) is 30.3 Å². The molecule has 3 aromatic rings. The third-order valence-corrected chi connectivity index (χ3v) is 3.29. The van der Waals surface area contributed by atoms with Crippen LogP contribution in [0.3, 0.4) is 0 Å². The van der Waals surface area contributed by atoms with Crippen LogP contribution in [0.2, 0.25) is 0 Å². The maximum absolute atomic E-state index is 11.9. The SMILES string of the molecule is O=C(/C=C/c1ccccc1)NCc1ccnc(-c2ccco2)c1. The van der Waals surface area contributed by atoms with Crippen LogP contribution in [0.15, 0.2) is 77.6 Å². The van der Waals surface area contributed by atoms with Crippen molar-refractivity contribution in [2.24, 2.45) is 0 Å². The zero-order valence-corrected chi connectivity index (χ0v) is 12.5. The number of nitrogens with one attached hydrogen (secondary N) is 1. The van der Waals surface area contributed by atoms with Crippen LogP contribution in [0.25, 0.3) is 17.5 Å². The van der Waals surface area contributed by atoms with Crippen molar-refractivity contribution < 1.29 is 9.21 Å². The third-order valence-electron chi connectivity index (χ3n) is 3.29. The summed E-state index contributed by atoms with van der Waals surface area (Å²) in [7, 11) is 0. The fraction of sp³-hybridized carbons (Fsp3) is 0.0526. The molecule has 1 N–H and O–H groups in total. The van der Waals surface area contributed by atoms with Gasteiger partial charge in [0.25, 0.3) is 0 Å². The Morgan fingerprint density at radius 2 is 2.00 bits per heavy atom. The van der Waals surface area contributed by atoms with Crippen LogP contribution in [0, 0.1) is 0 Å². The average Bonchev–Trinajstić information content (AvgIpc) is 3.14. The van der Waals surface area contributed by atoms with Crippen molar-refractivity contribution in [2.45, 2.75) is 6.54 Å². The van der Waals surface area contributed by atoms with Crippen LogP contribution in [-0.4, -0.2) is 10.9 Å². The number of nitrogens with zero attached hydrogens (tertiary/aromatic N) is 1. The number of hydrogen-bond acceptors (Lipinski definition) is 3. The smallest absolute Gasteiger partial charge is 0.244 e. The number of aromatic nitrogens is 1. The van der Waals surface area contributed by atoms with Crippen molar-refractivity contribution in [3.05, 3.63) is 84.3 Å². The van der Waals surface area contributed by atoms with Crippen LogP contribution in [0.1, 0.15) is 11.1 Å². The van der Waals surface area contributed by atoms with E-state index >= 15 is 0 Å². The van der Waals surface area contributed by atoms with Gasteiger partial charge in [0.15, 0.2) is 5.76 Å². The minimum Gasteiger partial charge on any atom is -0.463 e. The summed E-state index contributed by atoms with van der Waals surface area (Å²) in [6, 6.07) is 17.2. The predicted octanol–water partition coefficient (Wildman–Crippen LogP) is 3.67. The molecular formula is C19H16N2O2. The topological polar surface area (TPSA) is 55.1 Å². The van der Waals surface area contributed by atoms with Gasteiger partial charge in [-0.2, -0.15) is 0 Å². The van der Waals surface area contributed by atoms with Gasteiger partial charge in [0.2, 0.25) is 5.91 Å². The summed E-state index contributed by atoms with van der Waals surface area (Å²) >= 11 is 0. The average molecular weight is 304 g/mol. The van der Waals surface area contributed by atoms with Gasteiger partial charge in [-0.3, -0.25) is 9.78 Å². The number of rotatable bonds is 5. The van der Waals surface area contributed by atoms with E-state index in [1.807, 2.05) is 54.6 Å². The molecule has 0 spiro atoms. The Morgan fingerprint density at radius 3 is 2.78 bits per heavy atom. The van der Waals surface area contributed by atoms with Gasteiger partial charge >= 0.3 is 0 Å². The Balaban J connectivity index is 1.59. The van der Waals surface area contributed by atoms with Crippen LogP contribution < -0.4 is 5.32 Å². The number of amides is 1. The van der Waals surface area contributed by atoms with Gasteiger partial charge in [-0.25, -0.2) is 0 Å². The molecule has 4 heteroatoms. The fourth-order valence-electron chi connectivity index (χ4n) is 2.13. The lowest BCUT2D eigenvalue weighted by Gasteiger charge is -2.04. The molecule has 0 unspecified atom stereocenters. The molecule has 0 saturated heterocycles. The highest BCUT2D eigenvalue weighted by molar-refractivity contribution is 5.91. The molecule has 0 radical (unpaired) electrons. The first-order valence-corrected chi connectivity index (χ1v) is 7.31. The van der Waals surface area contributed by atoms with E-state index in [2.05, 4.69) is 10.3 Å². The van der Waals surface area contributed by atoms with Crippen molar-refractivity contribution in [3.63, 3.8) is 0 Å². The summed E-state index contributed by atoms with van der Waals surface area (Å²) < 4.78 is 5.33. The second-order valence-corrected chi connectivity index (χ2v) is 4.99. The van der Waals surface area contributed by atoms with Gasteiger partial charge in [-0.05, 0) is 41.5 Å². The second kappa shape index (κ2) is 7.22. The van der Waals surface area contributed by atoms with E-state index in [0.717, 1.165) is 16.8 Å². The van der Waals surface area contributed by atoms with Crippen LogP contribution in [0.5, 0.6) is 0 Å². The van der Waals surface area contributed by atoms with Gasteiger partial charge in [0.05, 0.1) is 6.26 Å². The first-order chi connectivity index (χ1) is 11.3. The molecule has 0 aliphatic carbocycles. The second-order valence-electron chi connectivity index (χ2n) is 4.99. The van der Waals surface area contributed by atoms with Gasteiger partial charge < -0.3 is 9.73 Å². The van der Waals surface area contributed by atoms with E-state index in [-0.39, 0.29) is 5.91 Å². The molecule has 114 valence electrons. The normalized spacial score (nSPS) is 10.8. The summed E-state index contributed by atoms with van der Waals surface area (Å²) in [5.41, 5.74) is 2.71. The van der Waals surface area contributed by atoms with Crippen molar-refractivity contribution in [1.29, 1.82) is 0 Å². The molecule has 0 saturated carbocycles. The summed E-state index contributed by atoms with van der Waals surface area (Å²) in [5, 5.41) is 2.86. The van der Waals surface area contributed by atoms with Crippen LogP contribution >= 0.6 is 0 Å². The summed E-state index contributed by atoms with van der Waals surface area (Å²) in [5.74, 6) is 0.576. The molecule has 1 amide bonds. The zero-order chi connectivity index (χ0) is 15.9. The summed E-state index contributed by atoms with van der Waals surface area (Å²) in [6.45, 7) is 0.439. The summed E-state index contributed by atoms with van der Waals surface area (Å²) in [4.78, 5) is 16.1. The summed E-state index contributed by atoms with van der Waals surface area (Å²) in [6.07, 6.45) is 6.64. The number of carbonyl (C=O) groups excluding carboxylic acids is 1. The number of hydrogen-bond donors (Lipinski definition) is 1. The molecule has 0 fully saturated rings. The zero-order valence-electron chi connectivity index (χ0n) is 12.5. The molecule has 2 heterocycles. The maximum atomic E-state index is 11.9. The van der Waals surface area contributed by atoms with E-state index in [0.29, 0.717) is 12.3 Å². The van der Waals surface area contributed by atoms with E-state index < -0.39 is 0 Å². The Labute approximate surface area is 134 Å². The lowest BCUT2D eigenvalue weighted by Crippen LogP contribution is -2.20. The minimum atomic E-state index is -0.134. The Kier molecular flexibility index (Phi) is 4.64. The van der Waals surface area contributed by atoms with E-state index in [1.54, 1.807) is 18.5 Å². The highest BCUT2D eigenvalue weighted by Crippen LogP contribution is 2.17. The first-order valence-electron chi connectivity index (χ1n) is 7.31. The van der Waals surface area contributed by atoms with E-state index in [1.165, 1.54) is 6.08 Å². The molecule has 0 atom stereocenters. The highest BCUT2D eigenvalue weighted by Gasteiger charge is 2.04.